The fourth-order valence-corrected chi connectivity index (χ4v) is 1.26. The molecule has 0 atom stereocenters. The summed E-state index contributed by atoms with van der Waals surface area (Å²) in [7, 11) is 0. The van der Waals surface area contributed by atoms with E-state index in [2.05, 4.69) is 25.7 Å². The summed E-state index contributed by atoms with van der Waals surface area (Å²) in [5.74, 6) is 0.00949. The van der Waals surface area contributed by atoms with E-state index in [1.807, 2.05) is 6.92 Å². The maximum absolute atomic E-state index is 11.7. The van der Waals surface area contributed by atoms with Gasteiger partial charge in [-0.15, -0.1) is 0 Å². The maximum atomic E-state index is 11.7. The topological polar surface area (TPSA) is 104 Å². The van der Waals surface area contributed by atoms with Crippen molar-refractivity contribution in [2.75, 3.05) is 5.32 Å². The van der Waals surface area contributed by atoms with Gasteiger partial charge < -0.3 is 5.32 Å². The quantitative estimate of drug-likeness (QED) is 0.709. The van der Waals surface area contributed by atoms with Crippen molar-refractivity contribution < 1.29 is 4.79 Å². The molecule has 0 fully saturated rings. The molecule has 0 saturated heterocycles. The minimum Gasteiger partial charge on any atom is -0.304 e. The number of H-pyrrole nitrogens is 2. The molecule has 88 valence electrons. The average molecular weight is 233 g/mol. The monoisotopic (exact) mass is 233 g/mol. The number of aromatic nitrogens is 4. The summed E-state index contributed by atoms with van der Waals surface area (Å²) in [6.07, 6.45) is 0.805. The minimum atomic E-state index is -0.421. The van der Waals surface area contributed by atoms with Gasteiger partial charge in [-0.1, -0.05) is 6.92 Å². The summed E-state index contributed by atoms with van der Waals surface area (Å²) >= 11 is 0. The van der Waals surface area contributed by atoms with Gasteiger partial charge in [0.1, 0.15) is 5.69 Å². The zero-order chi connectivity index (χ0) is 12.3. The Hall–Kier alpha value is -2.44. The van der Waals surface area contributed by atoms with Crippen LogP contribution in [0.2, 0.25) is 0 Å². The van der Waals surface area contributed by atoms with E-state index in [4.69, 9.17) is 0 Å². The van der Waals surface area contributed by atoms with Gasteiger partial charge in [-0.3, -0.25) is 14.7 Å². The first-order valence-electron chi connectivity index (χ1n) is 5.10. The molecule has 0 spiro atoms. The highest BCUT2D eigenvalue weighted by molar-refractivity contribution is 6.02. The van der Waals surface area contributed by atoms with Crippen LogP contribution < -0.4 is 10.9 Å². The van der Waals surface area contributed by atoms with E-state index in [1.165, 1.54) is 12.1 Å². The Kier molecular flexibility index (Phi) is 2.99. The second-order valence-electron chi connectivity index (χ2n) is 3.39. The third-order valence-electron chi connectivity index (χ3n) is 2.17. The number of nitrogens with zero attached hydrogens (tertiary/aromatic N) is 2. The SMILES string of the molecule is CCc1cc(NC(=O)c2ccc(=O)[nH]n2)n[nH]1. The molecule has 2 aromatic rings. The molecule has 0 saturated carbocycles. The molecule has 0 bridgehead atoms. The number of aryl methyl sites for hydroxylation is 1. The molecule has 0 aliphatic rings. The van der Waals surface area contributed by atoms with Crippen LogP contribution in [0.3, 0.4) is 0 Å². The van der Waals surface area contributed by atoms with Crippen LogP contribution in [0.4, 0.5) is 5.82 Å². The number of anilines is 1. The van der Waals surface area contributed by atoms with E-state index >= 15 is 0 Å². The van der Waals surface area contributed by atoms with Crippen LogP contribution in [-0.4, -0.2) is 26.3 Å². The second-order valence-corrected chi connectivity index (χ2v) is 3.39. The fraction of sp³-hybridized carbons (Fsp3) is 0.200. The molecule has 2 aromatic heterocycles. The van der Waals surface area contributed by atoms with Gasteiger partial charge in [-0.2, -0.15) is 10.2 Å². The van der Waals surface area contributed by atoms with E-state index in [1.54, 1.807) is 6.07 Å². The number of aromatic amines is 2. The number of hydrogen-bond donors (Lipinski definition) is 3. The lowest BCUT2D eigenvalue weighted by atomic mass is 10.3. The highest BCUT2D eigenvalue weighted by atomic mass is 16.2. The van der Waals surface area contributed by atoms with E-state index in [0.717, 1.165) is 12.1 Å². The Bertz CT molecular complexity index is 566. The van der Waals surface area contributed by atoms with Gasteiger partial charge >= 0.3 is 0 Å². The Morgan fingerprint density at radius 2 is 2.18 bits per heavy atom. The van der Waals surface area contributed by atoms with Crippen LogP contribution >= 0.6 is 0 Å². The van der Waals surface area contributed by atoms with Crippen LogP contribution in [0, 0.1) is 0 Å². The van der Waals surface area contributed by atoms with E-state index in [-0.39, 0.29) is 11.3 Å². The minimum absolute atomic E-state index is 0.130. The maximum Gasteiger partial charge on any atom is 0.277 e. The molecule has 1 amide bonds. The van der Waals surface area contributed by atoms with E-state index in [0.29, 0.717) is 5.82 Å². The number of carbonyl (C=O) groups is 1. The summed E-state index contributed by atoms with van der Waals surface area (Å²) in [4.78, 5) is 22.5. The lowest BCUT2D eigenvalue weighted by molar-refractivity contribution is 0.102. The van der Waals surface area contributed by atoms with Gasteiger partial charge in [0.25, 0.3) is 11.5 Å². The Balaban J connectivity index is 2.11. The molecule has 7 heteroatoms. The Labute approximate surface area is 96.3 Å². The Morgan fingerprint density at radius 3 is 2.76 bits per heavy atom. The van der Waals surface area contributed by atoms with Gasteiger partial charge in [-0.25, -0.2) is 5.10 Å². The number of amides is 1. The summed E-state index contributed by atoms with van der Waals surface area (Å²) < 4.78 is 0. The molecule has 0 aliphatic carbocycles. The predicted molar refractivity (Wildman–Crippen MR) is 60.8 cm³/mol. The number of hydrogen-bond acceptors (Lipinski definition) is 4. The number of carbonyl (C=O) groups excluding carboxylic acids is 1. The first-order chi connectivity index (χ1) is 8.19. The predicted octanol–water partition coefficient (Wildman–Crippen LogP) is 0.308. The van der Waals surface area contributed by atoms with Crippen molar-refractivity contribution in [1.82, 2.24) is 20.4 Å². The van der Waals surface area contributed by atoms with Crippen molar-refractivity contribution >= 4 is 11.7 Å². The van der Waals surface area contributed by atoms with Crippen molar-refractivity contribution in [3.8, 4) is 0 Å². The second kappa shape index (κ2) is 4.60. The third kappa shape index (κ3) is 2.57. The van der Waals surface area contributed by atoms with E-state index in [9.17, 15) is 9.59 Å². The van der Waals surface area contributed by atoms with E-state index < -0.39 is 5.91 Å². The highest BCUT2D eigenvalue weighted by Gasteiger charge is 2.09. The van der Waals surface area contributed by atoms with Crippen molar-refractivity contribution in [2.24, 2.45) is 0 Å². The summed E-state index contributed by atoms with van der Waals surface area (Å²) in [6.45, 7) is 1.97. The van der Waals surface area contributed by atoms with Gasteiger partial charge in [0.05, 0.1) is 0 Å². The number of rotatable bonds is 3. The molecule has 17 heavy (non-hydrogen) atoms. The molecule has 2 heterocycles. The standard InChI is InChI=1S/C10H11N5O2/c1-2-6-5-8(14-12-6)11-10(17)7-3-4-9(16)15-13-7/h3-5H,2H2,1H3,(H,15,16)(H2,11,12,14,17). The van der Waals surface area contributed by atoms with Gasteiger partial charge in [0, 0.05) is 17.8 Å². The lowest BCUT2D eigenvalue weighted by Gasteiger charge is -1.99. The van der Waals surface area contributed by atoms with Gasteiger partial charge in [0.2, 0.25) is 0 Å². The molecular weight excluding hydrogens is 222 g/mol. The molecule has 2 rings (SSSR count). The van der Waals surface area contributed by atoms with Crippen LogP contribution in [0.5, 0.6) is 0 Å². The lowest BCUT2D eigenvalue weighted by Crippen LogP contribution is -2.17. The molecule has 7 nitrogen and oxygen atoms in total. The van der Waals surface area contributed by atoms with Crippen molar-refractivity contribution in [1.29, 1.82) is 0 Å². The first kappa shape index (κ1) is 11.1. The smallest absolute Gasteiger partial charge is 0.277 e. The zero-order valence-corrected chi connectivity index (χ0v) is 9.15. The zero-order valence-electron chi connectivity index (χ0n) is 9.15. The van der Waals surface area contributed by atoms with Crippen LogP contribution in [0.15, 0.2) is 23.0 Å². The van der Waals surface area contributed by atoms with Crippen LogP contribution in [0.1, 0.15) is 23.1 Å². The van der Waals surface area contributed by atoms with Crippen LogP contribution in [0.25, 0.3) is 0 Å². The van der Waals surface area contributed by atoms with Crippen molar-refractivity contribution in [3.63, 3.8) is 0 Å². The van der Waals surface area contributed by atoms with Crippen molar-refractivity contribution in [2.45, 2.75) is 13.3 Å². The largest absolute Gasteiger partial charge is 0.304 e. The molecular formula is C10H11N5O2. The summed E-state index contributed by atoms with van der Waals surface area (Å²) in [6, 6.07) is 4.33. The average Bonchev–Trinajstić information content (AvgIpc) is 2.77. The van der Waals surface area contributed by atoms with Crippen molar-refractivity contribution in [3.05, 3.63) is 39.9 Å². The number of nitrogens with one attached hydrogen (secondary N) is 3. The fourth-order valence-electron chi connectivity index (χ4n) is 1.26. The summed E-state index contributed by atoms with van der Waals surface area (Å²) in [5.41, 5.74) is 0.704. The van der Waals surface area contributed by atoms with Gasteiger partial charge in [0.15, 0.2) is 5.82 Å². The molecule has 0 unspecified atom stereocenters. The molecule has 3 N–H and O–H groups in total. The summed E-state index contributed by atoms with van der Waals surface area (Å²) in [5, 5.41) is 15.1. The highest BCUT2D eigenvalue weighted by Crippen LogP contribution is 2.06. The van der Waals surface area contributed by atoms with Crippen LogP contribution in [-0.2, 0) is 6.42 Å². The molecule has 0 radical (unpaired) electrons. The first-order valence-corrected chi connectivity index (χ1v) is 5.10. The van der Waals surface area contributed by atoms with Gasteiger partial charge in [-0.05, 0) is 12.5 Å². The molecule has 0 aliphatic heterocycles. The molecule has 0 aromatic carbocycles. The Morgan fingerprint density at radius 1 is 1.35 bits per heavy atom. The third-order valence-corrected chi connectivity index (χ3v) is 2.17. The normalized spacial score (nSPS) is 10.2.